The minimum Gasteiger partial charge on any atom is -0.352 e. The Morgan fingerprint density at radius 1 is 1.29 bits per heavy atom. The zero-order chi connectivity index (χ0) is 18.1. The van der Waals surface area contributed by atoms with Crippen molar-refractivity contribution in [3.63, 3.8) is 0 Å². The SMILES string of the molecule is CC(=O)N[C@@H]1CC[C@H](C(F)(F)F)N(C(=O)c2ncc(F)cc2F)C1. The Kier molecular flexibility index (Phi) is 5.05. The van der Waals surface area contributed by atoms with Gasteiger partial charge < -0.3 is 10.2 Å². The number of nitrogens with zero attached hydrogens (tertiary/aromatic N) is 2. The molecule has 2 atom stereocenters. The largest absolute Gasteiger partial charge is 0.408 e. The Morgan fingerprint density at radius 3 is 2.50 bits per heavy atom. The molecule has 0 aromatic carbocycles. The molecule has 24 heavy (non-hydrogen) atoms. The fourth-order valence-electron chi connectivity index (χ4n) is 2.65. The third kappa shape index (κ3) is 3.98. The van der Waals surface area contributed by atoms with Crippen LogP contribution >= 0.6 is 0 Å². The standard InChI is InChI=1S/C14H14F5N3O2/c1-7(23)21-9-2-3-11(14(17,18)19)22(6-9)13(24)12-10(16)4-8(15)5-20-12/h4-5,9,11H,2-3,6H2,1H3,(H,21,23)/t9-,11-/m1/s1. The van der Waals surface area contributed by atoms with Gasteiger partial charge in [-0.1, -0.05) is 0 Å². The van der Waals surface area contributed by atoms with Crippen molar-refractivity contribution in [1.82, 2.24) is 15.2 Å². The van der Waals surface area contributed by atoms with E-state index in [1.807, 2.05) is 0 Å². The predicted octanol–water partition coefficient (Wildman–Crippen LogP) is 2.03. The van der Waals surface area contributed by atoms with Crippen molar-refractivity contribution in [3.8, 4) is 0 Å². The number of hydrogen-bond donors (Lipinski definition) is 1. The van der Waals surface area contributed by atoms with Gasteiger partial charge in [0.25, 0.3) is 5.91 Å². The van der Waals surface area contributed by atoms with Gasteiger partial charge in [-0.05, 0) is 12.8 Å². The lowest BCUT2D eigenvalue weighted by Gasteiger charge is -2.40. The van der Waals surface area contributed by atoms with Gasteiger partial charge in [0.05, 0.1) is 6.20 Å². The van der Waals surface area contributed by atoms with Crippen molar-refractivity contribution in [2.75, 3.05) is 6.54 Å². The number of halogens is 5. The second-order valence-electron chi connectivity index (χ2n) is 5.47. The molecule has 0 spiro atoms. The van der Waals surface area contributed by atoms with E-state index in [1.165, 1.54) is 6.92 Å². The summed E-state index contributed by atoms with van der Waals surface area (Å²) in [5, 5.41) is 2.44. The summed E-state index contributed by atoms with van der Waals surface area (Å²) >= 11 is 0. The number of alkyl halides is 3. The molecule has 1 aromatic rings. The first-order valence-corrected chi connectivity index (χ1v) is 7.05. The molecule has 2 rings (SSSR count). The average molecular weight is 351 g/mol. The van der Waals surface area contributed by atoms with Crippen molar-refractivity contribution in [2.24, 2.45) is 0 Å². The highest BCUT2D eigenvalue weighted by Gasteiger charge is 2.48. The van der Waals surface area contributed by atoms with Crippen LogP contribution in [0.15, 0.2) is 12.3 Å². The lowest BCUT2D eigenvalue weighted by Crippen LogP contribution is -2.58. The molecule has 0 saturated carbocycles. The van der Waals surface area contributed by atoms with Crippen LogP contribution in [0.25, 0.3) is 0 Å². The number of carbonyl (C=O) groups excluding carboxylic acids is 2. The molecule has 1 aromatic heterocycles. The lowest BCUT2D eigenvalue weighted by atomic mass is 9.97. The van der Waals surface area contributed by atoms with Crippen molar-refractivity contribution < 1.29 is 31.5 Å². The molecule has 10 heteroatoms. The van der Waals surface area contributed by atoms with Gasteiger partial charge in [0, 0.05) is 25.6 Å². The molecule has 132 valence electrons. The van der Waals surface area contributed by atoms with Crippen LogP contribution in [-0.2, 0) is 4.79 Å². The van der Waals surface area contributed by atoms with Crippen molar-refractivity contribution in [2.45, 2.75) is 38.0 Å². The van der Waals surface area contributed by atoms with Crippen molar-refractivity contribution in [1.29, 1.82) is 0 Å². The summed E-state index contributed by atoms with van der Waals surface area (Å²) in [6, 6.07) is -2.44. The van der Waals surface area contributed by atoms with Crippen LogP contribution in [0.3, 0.4) is 0 Å². The van der Waals surface area contributed by atoms with Gasteiger partial charge in [-0.25, -0.2) is 13.8 Å². The average Bonchev–Trinajstić information content (AvgIpc) is 2.44. The fourth-order valence-corrected chi connectivity index (χ4v) is 2.65. The first-order valence-electron chi connectivity index (χ1n) is 7.05. The van der Waals surface area contributed by atoms with Crippen LogP contribution in [0.5, 0.6) is 0 Å². The quantitative estimate of drug-likeness (QED) is 0.830. The van der Waals surface area contributed by atoms with E-state index in [4.69, 9.17) is 0 Å². The number of rotatable bonds is 2. The predicted molar refractivity (Wildman–Crippen MR) is 71.9 cm³/mol. The molecule has 1 saturated heterocycles. The number of hydrogen-bond acceptors (Lipinski definition) is 3. The molecule has 0 radical (unpaired) electrons. The maximum absolute atomic E-state index is 13.7. The summed E-state index contributed by atoms with van der Waals surface area (Å²) in [5.41, 5.74) is -0.894. The molecular formula is C14H14F5N3O2. The Balaban J connectivity index is 2.31. The van der Waals surface area contributed by atoms with E-state index >= 15 is 0 Å². The Morgan fingerprint density at radius 2 is 1.96 bits per heavy atom. The molecule has 0 aliphatic carbocycles. The number of amides is 2. The molecule has 1 fully saturated rings. The Labute approximate surface area is 133 Å². The third-order valence-electron chi connectivity index (χ3n) is 3.64. The molecule has 2 heterocycles. The maximum atomic E-state index is 13.7. The smallest absolute Gasteiger partial charge is 0.352 e. The van der Waals surface area contributed by atoms with Gasteiger partial charge >= 0.3 is 6.18 Å². The summed E-state index contributed by atoms with van der Waals surface area (Å²) in [6.07, 6.45) is -4.59. The number of aromatic nitrogens is 1. The van der Waals surface area contributed by atoms with E-state index in [1.54, 1.807) is 0 Å². The maximum Gasteiger partial charge on any atom is 0.408 e. The molecule has 5 nitrogen and oxygen atoms in total. The lowest BCUT2D eigenvalue weighted by molar-refractivity contribution is -0.184. The van der Waals surface area contributed by atoms with E-state index < -0.39 is 60.4 Å². The van der Waals surface area contributed by atoms with Crippen LogP contribution in [0.2, 0.25) is 0 Å². The summed E-state index contributed by atoms with van der Waals surface area (Å²) in [5.74, 6) is -4.15. The minimum atomic E-state index is -4.71. The van der Waals surface area contributed by atoms with E-state index in [0.717, 1.165) is 0 Å². The second-order valence-corrected chi connectivity index (χ2v) is 5.47. The van der Waals surface area contributed by atoms with Crippen molar-refractivity contribution in [3.05, 3.63) is 29.6 Å². The van der Waals surface area contributed by atoms with Gasteiger partial charge in [-0.15, -0.1) is 0 Å². The summed E-state index contributed by atoms with van der Waals surface area (Å²) in [6.45, 7) is 0.754. The number of nitrogens with one attached hydrogen (secondary N) is 1. The number of carbonyl (C=O) groups is 2. The Bertz CT molecular complexity index is 650. The number of piperidine rings is 1. The highest BCUT2D eigenvalue weighted by atomic mass is 19.4. The number of pyridine rings is 1. The van der Waals surface area contributed by atoms with Crippen molar-refractivity contribution >= 4 is 11.8 Å². The highest BCUT2D eigenvalue weighted by molar-refractivity contribution is 5.93. The Hall–Kier alpha value is -2.26. The first kappa shape index (κ1) is 18.1. The zero-order valence-corrected chi connectivity index (χ0v) is 12.5. The van der Waals surface area contributed by atoms with Crippen LogP contribution in [-0.4, -0.2) is 46.5 Å². The molecule has 1 aliphatic heterocycles. The summed E-state index contributed by atoms with van der Waals surface area (Å²) in [7, 11) is 0. The van der Waals surface area contributed by atoms with E-state index in [2.05, 4.69) is 10.3 Å². The van der Waals surface area contributed by atoms with Crippen LogP contribution < -0.4 is 5.32 Å². The van der Waals surface area contributed by atoms with E-state index in [9.17, 15) is 31.5 Å². The van der Waals surface area contributed by atoms with E-state index in [-0.39, 0.29) is 6.42 Å². The normalized spacial score (nSPS) is 21.5. The van der Waals surface area contributed by atoms with Gasteiger partial charge in [-0.2, -0.15) is 13.2 Å². The van der Waals surface area contributed by atoms with Crippen LogP contribution in [0, 0.1) is 11.6 Å². The number of likely N-dealkylation sites (tertiary alicyclic amines) is 1. The summed E-state index contributed by atoms with van der Waals surface area (Å²) < 4.78 is 66.1. The van der Waals surface area contributed by atoms with Gasteiger partial charge in [0.2, 0.25) is 5.91 Å². The fraction of sp³-hybridized carbons (Fsp3) is 0.500. The minimum absolute atomic E-state index is 0.0207. The molecule has 0 bridgehead atoms. The first-order chi connectivity index (χ1) is 11.1. The van der Waals surface area contributed by atoms with Gasteiger partial charge in [0.15, 0.2) is 11.5 Å². The van der Waals surface area contributed by atoms with Gasteiger partial charge in [-0.3, -0.25) is 9.59 Å². The monoisotopic (exact) mass is 351 g/mol. The molecule has 0 unspecified atom stereocenters. The third-order valence-corrected chi connectivity index (χ3v) is 3.64. The molecule has 1 N–H and O–H groups in total. The van der Waals surface area contributed by atoms with Crippen LogP contribution in [0.1, 0.15) is 30.3 Å². The summed E-state index contributed by atoms with van der Waals surface area (Å²) in [4.78, 5) is 27.1. The zero-order valence-electron chi connectivity index (χ0n) is 12.5. The second kappa shape index (κ2) is 6.70. The van der Waals surface area contributed by atoms with Crippen LogP contribution in [0.4, 0.5) is 22.0 Å². The molecular weight excluding hydrogens is 337 g/mol. The van der Waals surface area contributed by atoms with E-state index in [0.29, 0.717) is 17.2 Å². The molecule has 2 amide bonds. The highest BCUT2D eigenvalue weighted by Crippen LogP contribution is 2.33. The van der Waals surface area contributed by atoms with Gasteiger partial charge in [0.1, 0.15) is 11.9 Å². The molecule has 1 aliphatic rings. The topological polar surface area (TPSA) is 62.3 Å².